The fourth-order valence-corrected chi connectivity index (χ4v) is 1.60. The van der Waals surface area contributed by atoms with Gasteiger partial charge in [0.05, 0.1) is 11.7 Å². The Morgan fingerprint density at radius 1 is 1.38 bits per heavy atom. The summed E-state index contributed by atoms with van der Waals surface area (Å²) >= 11 is 0. The topological polar surface area (TPSA) is 84.3 Å². The summed E-state index contributed by atoms with van der Waals surface area (Å²) in [4.78, 5) is 18.8. The Morgan fingerprint density at radius 3 is 2.76 bits per heavy atom. The van der Waals surface area contributed by atoms with E-state index in [1.807, 2.05) is 13.8 Å². The number of ether oxygens (including phenoxy) is 1. The number of aromatic carboxylic acids is 1. The molecule has 0 aliphatic heterocycles. The third-order valence-corrected chi connectivity index (χ3v) is 2.44. The van der Waals surface area contributed by atoms with Crippen molar-refractivity contribution >= 4 is 17.6 Å². The monoisotopic (exact) mass is 291 g/mol. The lowest BCUT2D eigenvalue weighted by Crippen LogP contribution is -2.08. The molecule has 1 heterocycles. The molecule has 0 amide bonds. The number of anilines is 2. The highest BCUT2D eigenvalue weighted by Crippen LogP contribution is 2.19. The largest absolute Gasteiger partial charge is 0.478 e. The molecule has 0 bridgehead atoms. The maximum atomic E-state index is 13.6. The number of benzene rings is 1. The van der Waals surface area contributed by atoms with Crippen molar-refractivity contribution in [2.75, 3.05) is 5.32 Å². The number of aromatic nitrogens is 2. The fourth-order valence-electron chi connectivity index (χ4n) is 1.60. The normalized spacial score (nSPS) is 10.5. The van der Waals surface area contributed by atoms with Crippen LogP contribution in [-0.4, -0.2) is 27.1 Å². The van der Waals surface area contributed by atoms with Crippen LogP contribution in [0.3, 0.4) is 0 Å². The molecular weight excluding hydrogens is 277 g/mol. The minimum Gasteiger partial charge on any atom is -0.478 e. The molecule has 2 aromatic rings. The SMILES string of the molecule is CC(C)Oc1ccnc(Nc2ccc(C(=O)O)c(F)c2)n1. The number of carboxylic acids is 1. The molecular formula is C14H14FN3O3. The van der Waals surface area contributed by atoms with E-state index in [0.717, 1.165) is 6.07 Å². The Labute approximate surface area is 120 Å². The van der Waals surface area contributed by atoms with E-state index in [0.29, 0.717) is 11.6 Å². The van der Waals surface area contributed by atoms with E-state index in [-0.39, 0.29) is 12.1 Å². The standard InChI is InChI=1S/C14H14FN3O3/c1-8(2)21-12-5-6-16-14(18-12)17-9-3-4-10(13(19)20)11(15)7-9/h3-8H,1-2H3,(H,19,20)(H,16,17,18). The molecule has 0 fully saturated rings. The molecule has 0 saturated carbocycles. The van der Waals surface area contributed by atoms with Gasteiger partial charge in [0, 0.05) is 18.0 Å². The average molecular weight is 291 g/mol. The molecule has 0 aliphatic carbocycles. The summed E-state index contributed by atoms with van der Waals surface area (Å²) in [7, 11) is 0. The number of halogens is 1. The summed E-state index contributed by atoms with van der Waals surface area (Å²) in [6.07, 6.45) is 1.48. The van der Waals surface area contributed by atoms with E-state index < -0.39 is 17.3 Å². The van der Waals surface area contributed by atoms with E-state index >= 15 is 0 Å². The first kappa shape index (κ1) is 14.7. The van der Waals surface area contributed by atoms with Crippen molar-refractivity contribution in [3.8, 4) is 5.88 Å². The Balaban J connectivity index is 2.18. The third-order valence-electron chi connectivity index (χ3n) is 2.44. The van der Waals surface area contributed by atoms with Crippen LogP contribution in [0.5, 0.6) is 5.88 Å². The molecule has 0 atom stereocenters. The molecule has 21 heavy (non-hydrogen) atoms. The second-order valence-electron chi connectivity index (χ2n) is 4.51. The molecule has 0 aliphatic rings. The molecule has 0 radical (unpaired) electrons. The Kier molecular flexibility index (Phi) is 4.32. The van der Waals surface area contributed by atoms with E-state index in [2.05, 4.69) is 15.3 Å². The second kappa shape index (κ2) is 6.17. The first-order chi connectivity index (χ1) is 9.95. The fraction of sp³-hybridized carbons (Fsp3) is 0.214. The zero-order valence-corrected chi connectivity index (χ0v) is 11.5. The van der Waals surface area contributed by atoms with E-state index in [9.17, 15) is 9.18 Å². The molecule has 0 unspecified atom stereocenters. The number of nitrogens with zero attached hydrogens (tertiary/aromatic N) is 2. The zero-order chi connectivity index (χ0) is 15.4. The number of nitrogens with one attached hydrogen (secondary N) is 1. The van der Waals surface area contributed by atoms with Crippen LogP contribution in [0, 0.1) is 5.82 Å². The third kappa shape index (κ3) is 3.88. The number of carbonyl (C=O) groups is 1. The lowest BCUT2D eigenvalue weighted by molar-refractivity contribution is 0.0692. The van der Waals surface area contributed by atoms with E-state index in [1.54, 1.807) is 6.07 Å². The highest BCUT2D eigenvalue weighted by molar-refractivity contribution is 5.88. The van der Waals surface area contributed by atoms with Crippen LogP contribution in [-0.2, 0) is 0 Å². The van der Waals surface area contributed by atoms with Crippen molar-refractivity contribution in [2.24, 2.45) is 0 Å². The van der Waals surface area contributed by atoms with Gasteiger partial charge in [-0.3, -0.25) is 0 Å². The summed E-state index contributed by atoms with van der Waals surface area (Å²) in [5, 5.41) is 11.6. The first-order valence-corrected chi connectivity index (χ1v) is 6.25. The van der Waals surface area contributed by atoms with Crippen LogP contribution in [0.4, 0.5) is 16.0 Å². The van der Waals surface area contributed by atoms with Gasteiger partial charge in [0.25, 0.3) is 0 Å². The van der Waals surface area contributed by atoms with Crippen molar-refractivity contribution in [3.63, 3.8) is 0 Å². The summed E-state index contributed by atoms with van der Waals surface area (Å²) in [5.74, 6) is -1.52. The second-order valence-corrected chi connectivity index (χ2v) is 4.51. The Morgan fingerprint density at radius 2 is 2.14 bits per heavy atom. The molecule has 110 valence electrons. The number of hydrogen-bond acceptors (Lipinski definition) is 5. The van der Waals surface area contributed by atoms with Crippen LogP contribution in [0.1, 0.15) is 24.2 Å². The van der Waals surface area contributed by atoms with Gasteiger partial charge in [-0.05, 0) is 32.0 Å². The molecule has 0 saturated heterocycles. The van der Waals surface area contributed by atoms with Gasteiger partial charge in [-0.2, -0.15) is 4.98 Å². The van der Waals surface area contributed by atoms with Crippen molar-refractivity contribution in [2.45, 2.75) is 20.0 Å². The van der Waals surface area contributed by atoms with Crippen LogP contribution >= 0.6 is 0 Å². The summed E-state index contributed by atoms with van der Waals surface area (Å²) in [6, 6.07) is 5.29. The molecule has 7 heteroatoms. The van der Waals surface area contributed by atoms with Gasteiger partial charge >= 0.3 is 5.97 Å². The highest BCUT2D eigenvalue weighted by Gasteiger charge is 2.11. The van der Waals surface area contributed by atoms with Gasteiger partial charge in [0.15, 0.2) is 0 Å². The minimum atomic E-state index is -1.32. The number of carboxylic acid groups (broad SMARTS) is 1. The molecule has 0 spiro atoms. The Hall–Kier alpha value is -2.70. The smallest absolute Gasteiger partial charge is 0.338 e. The van der Waals surface area contributed by atoms with Gasteiger partial charge in [0.1, 0.15) is 5.82 Å². The summed E-state index contributed by atoms with van der Waals surface area (Å²) < 4.78 is 19.0. The summed E-state index contributed by atoms with van der Waals surface area (Å²) in [5.41, 5.74) is -0.0439. The zero-order valence-electron chi connectivity index (χ0n) is 11.5. The molecule has 1 aromatic carbocycles. The van der Waals surface area contributed by atoms with E-state index in [1.165, 1.54) is 18.3 Å². The minimum absolute atomic E-state index is 0.0277. The van der Waals surface area contributed by atoms with Gasteiger partial charge < -0.3 is 15.2 Å². The van der Waals surface area contributed by atoms with Gasteiger partial charge in [0.2, 0.25) is 11.8 Å². The maximum Gasteiger partial charge on any atom is 0.338 e. The highest BCUT2D eigenvalue weighted by atomic mass is 19.1. The van der Waals surface area contributed by atoms with Gasteiger partial charge in [-0.1, -0.05) is 0 Å². The van der Waals surface area contributed by atoms with Crippen LogP contribution < -0.4 is 10.1 Å². The van der Waals surface area contributed by atoms with Gasteiger partial charge in [-0.15, -0.1) is 0 Å². The predicted octanol–water partition coefficient (Wildman–Crippen LogP) is 2.84. The lowest BCUT2D eigenvalue weighted by atomic mass is 10.2. The molecule has 2 rings (SSSR count). The average Bonchev–Trinajstić information content (AvgIpc) is 2.37. The van der Waals surface area contributed by atoms with Crippen molar-refractivity contribution in [1.29, 1.82) is 0 Å². The maximum absolute atomic E-state index is 13.6. The predicted molar refractivity (Wildman–Crippen MR) is 74.4 cm³/mol. The number of rotatable bonds is 5. The molecule has 1 aromatic heterocycles. The van der Waals surface area contributed by atoms with Crippen molar-refractivity contribution < 1.29 is 19.0 Å². The van der Waals surface area contributed by atoms with Crippen LogP contribution in [0.25, 0.3) is 0 Å². The van der Waals surface area contributed by atoms with E-state index in [4.69, 9.17) is 9.84 Å². The van der Waals surface area contributed by atoms with Gasteiger partial charge in [-0.25, -0.2) is 14.2 Å². The Bertz CT molecular complexity index is 662. The van der Waals surface area contributed by atoms with Crippen molar-refractivity contribution in [1.82, 2.24) is 9.97 Å². The quantitative estimate of drug-likeness (QED) is 0.881. The van der Waals surface area contributed by atoms with Crippen molar-refractivity contribution in [3.05, 3.63) is 41.8 Å². The molecule has 2 N–H and O–H groups in total. The van der Waals surface area contributed by atoms with Crippen LogP contribution in [0.2, 0.25) is 0 Å². The summed E-state index contributed by atoms with van der Waals surface area (Å²) in [6.45, 7) is 3.74. The number of hydrogen-bond donors (Lipinski definition) is 2. The van der Waals surface area contributed by atoms with Crippen LogP contribution in [0.15, 0.2) is 30.5 Å². The first-order valence-electron chi connectivity index (χ1n) is 6.25. The lowest BCUT2D eigenvalue weighted by Gasteiger charge is -2.10. The molecule has 6 nitrogen and oxygen atoms in total.